The second-order valence-corrected chi connectivity index (χ2v) is 9.52. The van der Waals surface area contributed by atoms with Gasteiger partial charge in [0.05, 0.1) is 5.56 Å². The number of alkyl halides is 3. The fourth-order valence-corrected chi connectivity index (χ4v) is 5.22. The van der Waals surface area contributed by atoms with E-state index >= 15 is 0 Å². The van der Waals surface area contributed by atoms with Gasteiger partial charge in [0, 0.05) is 48.4 Å². The maximum absolute atomic E-state index is 13.7. The number of halogens is 4. The largest absolute Gasteiger partial charge is 0.489 e. The van der Waals surface area contributed by atoms with Crippen LogP contribution in [0, 0.1) is 11.7 Å². The van der Waals surface area contributed by atoms with Crippen molar-refractivity contribution in [3.63, 3.8) is 0 Å². The average Bonchev–Trinajstić information content (AvgIpc) is 3.34. The maximum Gasteiger partial charge on any atom is 0.416 e. The molecule has 1 N–H and O–H groups in total. The van der Waals surface area contributed by atoms with Gasteiger partial charge in [0.2, 0.25) is 5.91 Å². The molecule has 1 aromatic heterocycles. The van der Waals surface area contributed by atoms with Crippen molar-refractivity contribution in [1.29, 1.82) is 0 Å². The molecule has 3 heterocycles. The summed E-state index contributed by atoms with van der Waals surface area (Å²) in [6.45, 7) is 0. The first-order chi connectivity index (χ1) is 17.7. The Bertz CT molecular complexity index is 1440. The fraction of sp³-hybridized carbons (Fsp3) is 0.296. The zero-order chi connectivity index (χ0) is 25.9. The summed E-state index contributed by atoms with van der Waals surface area (Å²) in [4.78, 5) is 28.5. The lowest BCUT2D eigenvalue weighted by Crippen LogP contribution is -2.20. The highest BCUT2D eigenvalue weighted by molar-refractivity contribution is 5.93. The van der Waals surface area contributed by atoms with Gasteiger partial charge in [-0.3, -0.25) is 9.59 Å². The molecule has 6 rings (SSSR count). The van der Waals surface area contributed by atoms with E-state index in [9.17, 15) is 27.2 Å². The van der Waals surface area contributed by atoms with Crippen LogP contribution in [-0.4, -0.2) is 22.8 Å². The Morgan fingerprint density at radius 2 is 1.97 bits per heavy atom. The second kappa shape index (κ2) is 8.57. The molecule has 6 nitrogen and oxygen atoms in total. The number of rotatable bonds is 6. The molecule has 0 spiro atoms. The number of nitrogens with one attached hydrogen (secondary N) is 1. The number of hydrogen-bond acceptors (Lipinski definition) is 5. The van der Waals surface area contributed by atoms with Gasteiger partial charge in [0.15, 0.2) is 0 Å². The van der Waals surface area contributed by atoms with Crippen LogP contribution in [0.3, 0.4) is 0 Å². The Morgan fingerprint density at radius 1 is 1.14 bits per heavy atom. The van der Waals surface area contributed by atoms with Crippen LogP contribution < -0.4 is 14.8 Å². The molecule has 0 bridgehead atoms. The van der Waals surface area contributed by atoms with Gasteiger partial charge in [0.1, 0.15) is 40.8 Å². The minimum Gasteiger partial charge on any atom is -0.489 e. The van der Waals surface area contributed by atoms with Crippen molar-refractivity contribution in [2.45, 2.75) is 43.9 Å². The first-order valence-corrected chi connectivity index (χ1v) is 11.8. The van der Waals surface area contributed by atoms with Gasteiger partial charge >= 0.3 is 6.18 Å². The molecular formula is C27H20F4N2O4. The van der Waals surface area contributed by atoms with Crippen LogP contribution in [0.1, 0.15) is 41.0 Å². The van der Waals surface area contributed by atoms with Gasteiger partial charge in [-0.05, 0) is 54.4 Å². The lowest BCUT2D eigenvalue weighted by atomic mass is 10.00. The first kappa shape index (κ1) is 23.4. The molecule has 3 aliphatic rings. The fourth-order valence-electron chi connectivity index (χ4n) is 5.22. The Labute approximate surface area is 208 Å². The Morgan fingerprint density at radius 3 is 2.78 bits per heavy atom. The summed E-state index contributed by atoms with van der Waals surface area (Å²) in [5.74, 6) is 0.840. The molecule has 0 unspecified atom stereocenters. The van der Waals surface area contributed by atoms with Crippen molar-refractivity contribution < 1.29 is 36.6 Å². The molecule has 2 aliphatic heterocycles. The number of anilines is 1. The molecule has 10 heteroatoms. The number of benzene rings is 2. The zero-order valence-corrected chi connectivity index (χ0v) is 19.3. The number of pyridine rings is 1. The monoisotopic (exact) mass is 512 g/mol. The molecule has 190 valence electrons. The third kappa shape index (κ3) is 4.52. The van der Waals surface area contributed by atoms with Crippen LogP contribution in [0.2, 0.25) is 0 Å². The van der Waals surface area contributed by atoms with Gasteiger partial charge in [-0.15, -0.1) is 0 Å². The van der Waals surface area contributed by atoms with Crippen LogP contribution in [0.5, 0.6) is 17.2 Å². The van der Waals surface area contributed by atoms with Crippen molar-refractivity contribution in [3.8, 4) is 17.2 Å². The normalized spacial score (nSPS) is 21.3. The van der Waals surface area contributed by atoms with Crippen LogP contribution >= 0.6 is 0 Å². The topological polar surface area (TPSA) is 77.5 Å². The second-order valence-electron chi connectivity index (χ2n) is 9.52. The highest BCUT2D eigenvalue weighted by Gasteiger charge is 2.59. The molecule has 1 amide bonds. The molecule has 1 saturated carbocycles. The van der Waals surface area contributed by atoms with Crippen LogP contribution in [0.15, 0.2) is 48.7 Å². The van der Waals surface area contributed by atoms with E-state index < -0.39 is 17.6 Å². The lowest BCUT2D eigenvalue weighted by Gasteiger charge is -2.19. The minimum absolute atomic E-state index is 0.00277. The molecular weight excluding hydrogens is 492 g/mol. The van der Waals surface area contributed by atoms with Crippen LogP contribution in [0.25, 0.3) is 0 Å². The third-order valence-electron chi connectivity index (χ3n) is 6.95. The molecule has 0 saturated heterocycles. The van der Waals surface area contributed by atoms with Gasteiger partial charge in [0.25, 0.3) is 0 Å². The maximum atomic E-state index is 13.7. The number of hydrogen-bond donors (Lipinski definition) is 1. The van der Waals surface area contributed by atoms with E-state index in [1.54, 1.807) is 24.4 Å². The van der Waals surface area contributed by atoms with Gasteiger partial charge in [-0.1, -0.05) is 0 Å². The van der Waals surface area contributed by atoms with Gasteiger partial charge in [-0.25, -0.2) is 9.37 Å². The van der Waals surface area contributed by atoms with E-state index in [0.29, 0.717) is 42.0 Å². The highest BCUT2D eigenvalue weighted by Crippen LogP contribution is 2.60. The zero-order valence-electron chi connectivity index (χ0n) is 19.3. The molecule has 1 fully saturated rings. The predicted molar refractivity (Wildman–Crippen MR) is 123 cm³/mol. The summed E-state index contributed by atoms with van der Waals surface area (Å²) in [6.07, 6.45) is -2.61. The number of ketones is 1. The number of fused-ring (bicyclic) bond motifs is 4. The molecule has 2 aromatic carbocycles. The van der Waals surface area contributed by atoms with Crippen molar-refractivity contribution >= 4 is 17.5 Å². The minimum atomic E-state index is -4.69. The molecule has 3 atom stereocenters. The van der Waals surface area contributed by atoms with Crippen molar-refractivity contribution in [2.75, 3.05) is 5.32 Å². The number of aromatic nitrogens is 1. The van der Waals surface area contributed by atoms with E-state index in [0.717, 1.165) is 23.3 Å². The summed E-state index contributed by atoms with van der Waals surface area (Å²) < 4.78 is 64.7. The van der Waals surface area contributed by atoms with E-state index in [2.05, 4.69) is 10.3 Å². The van der Waals surface area contributed by atoms with E-state index in [-0.39, 0.29) is 48.0 Å². The summed E-state index contributed by atoms with van der Waals surface area (Å²) in [5.41, 5.74) is 0.609. The van der Waals surface area contributed by atoms with Crippen molar-refractivity contribution in [1.82, 2.24) is 4.98 Å². The lowest BCUT2D eigenvalue weighted by molar-refractivity contribution is -0.138. The smallest absolute Gasteiger partial charge is 0.416 e. The Balaban J connectivity index is 1.13. The molecule has 3 aromatic rings. The highest BCUT2D eigenvalue weighted by atomic mass is 19.4. The predicted octanol–water partition coefficient (Wildman–Crippen LogP) is 5.59. The number of amides is 1. The average molecular weight is 512 g/mol. The SMILES string of the molecule is O=C(Cc1cc(F)cc(C(F)(F)F)c1)C[C@H]1[C@H]2Oc3ccc(Oc4ccnc5c4CCC(=O)N5)cc3[C@@H]12. The van der Waals surface area contributed by atoms with Crippen LogP contribution in [-0.2, 0) is 28.6 Å². The summed E-state index contributed by atoms with van der Waals surface area (Å²) in [5, 5.41) is 2.74. The van der Waals surface area contributed by atoms with E-state index in [1.807, 2.05) is 6.07 Å². The molecule has 0 radical (unpaired) electrons. The Kier molecular flexibility index (Phi) is 5.43. The quantitative estimate of drug-likeness (QED) is 0.436. The molecule has 37 heavy (non-hydrogen) atoms. The van der Waals surface area contributed by atoms with Crippen molar-refractivity contribution in [3.05, 3.63) is 76.7 Å². The summed E-state index contributed by atoms with van der Waals surface area (Å²) >= 11 is 0. The Hall–Kier alpha value is -3.95. The first-order valence-electron chi connectivity index (χ1n) is 11.8. The van der Waals surface area contributed by atoms with Gasteiger partial charge < -0.3 is 14.8 Å². The van der Waals surface area contributed by atoms with Crippen LogP contribution in [0.4, 0.5) is 23.4 Å². The number of Topliss-reactive ketones (excluding diaryl/α,β-unsaturated/α-hetero) is 1. The molecule has 1 aliphatic carbocycles. The number of carbonyl (C=O) groups excluding carboxylic acids is 2. The van der Waals surface area contributed by atoms with E-state index in [1.165, 1.54) is 0 Å². The van der Waals surface area contributed by atoms with E-state index in [4.69, 9.17) is 9.47 Å². The standard InChI is InChI=1S/C27H20F4N2O4/c28-15-8-13(7-14(10-15)27(29,30)31)9-16(34)11-20-24-19-12-17(1-3-21(19)37-25(20)24)36-22-5-6-32-26-18(22)2-4-23(35)33-26/h1,3,5-8,10,12,20,24-25H,2,4,9,11H2,(H,32,33,35)/t20-,24+,25-/m1/s1. The number of ether oxygens (including phenoxy) is 2. The van der Waals surface area contributed by atoms with Crippen molar-refractivity contribution in [2.24, 2.45) is 5.92 Å². The summed E-state index contributed by atoms with van der Waals surface area (Å²) in [7, 11) is 0. The van der Waals surface area contributed by atoms with Gasteiger partial charge in [-0.2, -0.15) is 13.2 Å². The number of carbonyl (C=O) groups is 2. The number of nitrogens with zero attached hydrogens (tertiary/aromatic N) is 1. The summed E-state index contributed by atoms with van der Waals surface area (Å²) in [6, 6.07) is 9.37. The third-order valence-corrected chi connectivity index (χ3v) is 6.95.